The molecule has 0 bridgehead atoms. The molecule has 1 N–H and O–H groups in total. The molecular weight excluding hydrogens is 281 g/mol. The summed E-state index contributed by atoms with van der Waals surface area (Å²) in [6, 6.07) is 13.9. The largest absolute Gasteiger partial charge is 0.496 e. The number of carbonyl (C=O) groups excluding carboxylic acids is 1. The van der Waals surface area contributed by atoms with Gasteiger partial charge in [-0.15, -0.1) is 0 Å². The minimum atomic E-state index is -0.270. The summed E-state index contributed by atoms with van der Waals surface area (Å²) < 4.78 is 18.8. The van der Waals surface area contributed by atoms with Gasteiger partial charge in [-0.2, -0.15) is 0 Å². The Morgan fingerprint density at radius 2 is 1.86 bits per heavy atom. The van der Waals surface area contributed by atoms with Crippen LogP contribution < -0.4 is 10.1 Å². The van der Waals surface area contributed by atoms with Crippen molar-refractivity contribution in [2.45, 2.75) is 25.8 Å². The fourth-order valence-electron chi connectivity index (χ4n) is 2.36. The number of methoxy groups -OCH3 is 1. The molecular formula is C18H20FNO2. The van der Waals surface area contributed by atoms with E-state index in [-0.39, 0.29) is 24.2 Å². The van der Waals surface area contributed by atoms with Gasteiger partial charge in [0, 0.05) is 12.0 Å². The summed E-state index contributed by atoms with van der Waals surface area (Å²) in [4.78, 5) is 12.0. The zero-order chi connectivity index (χ0) is 15.9. The molecule has 0 saturated carbocycles. The first-order valence-corrected chi connectivity index (χ1v) is 7.27. The van der Waals surface area contributed by atoms with Crippen LogP contribution >= 0.6 is 0 Å². The molecule has 2 rings (SSSR count). The molecule has 1 atom stereocenters. The Morgan fingerprint density at radius 3 is 2.59 bits per heavy atom. The van der Waals surface area contributed by atoms with Crippen molar-refractivity contribution in [1.82, 2.24) is 5.32 Å². The molecule has 0 aliphatic carbocycles. The Bertz CT molecular complexity index is 642. The van der Waals surface area contributed by atoms with E-state index in [4.69, 9.17) is 4.74 Å². The third-order valence-corrected chi connectivity index (χ3v) is 3.56. The number of amides is 1. The smallest absolute Gasteiger partial charge is 0.220 e. The highest BCUT2D eigenvalue weighted by atomic mass is 19.1. The molecule has 0 radical (unpaired) electrons. The molecule has 0 aliphatic heterocycles. The Kier molecular flexibility index (Phi) is 5.53. The van der Waals surface area contributed by atoms with Crippen molar-refractivity contribution in [3.05, 3.63) is 65.5 Å². The first-order chi connectivity index (χ1) is 10.6. The number of ether oxygens (including phenoxy) is 1. The summed E-state index contributed by atoms with van der Waals surface area (Å²) in [6.45, 7) is 1.90. The molecule has 116 valence electrons. The van der Waals surface area contributed by atoms with E-state index in [1.54, 1.807) is 25.3 Å². The van der Waals surface area contributed by atoms with E-state index in [9.17, 15) is 9.18 Å². The van der Waals surface area contributed by atoms with Gasteiger partial charge in [0.15, 0.2) is 0 Å². The second-order valence-electron chi connectivity index (χ2n) is 5.12. The summed E-state index contributed by atoms with van der Waals surface area (Å²) in [5, 5.41) is 2.92. The van der Waals surface area contributed by atoms with E-state index in [0.717, 1.165) is 11.3 Å². The number of nitrogens with one attached hydrogen (secondary N) is 1. The third-order valence-electron chi connectivity index (χ3n) is 3.56. The lowest BCUT2D eigenvalue weighted by atomic mass is 10.1. The molecule has 0 fully saturated rings. The van der Waals surface area contributed by atoms with Crippen molar-refractivity contribution in [3.8, 4) is 5.75 Å². The van der Waals surface area contributed by atoms with Crippen molar-refractivity contribution in [2.75, 3.05) is 7.11 Å². The number of hydrogen-bond acceptors (Lipinski definition) is 2. The van der Waals surface area contributed by atoms with Crippen LogP contribution in [0.4, 0.5) is 4.39 Å². The summed E-state index contributed by atoms with van der Waals surface area (Å²) in [5.74, 6) is 0.360. The number of carbonyl (C=O) groups is 1. The fourth-order valence-corrected chi connectivity index (χ4v) is 2.36. The first-order valence-electron chi connectivity index (χ1n) is 7.27. The van der Waals surface area contributed by atoms with Crippen molar-refractivity contribution in [1.29, 1.82) is 0 Å². The SMILES string of the molecule is COc1ccccc1C(C)NC(=O)CCc1ccccc1F. The van der Waals surface area contributed by atoms with Gasteiger partial charge in [0.05, 0.1) is 13.2 Å². The minimum absolute atomic E-state index is 0.110. The summed E-state index contributed by atoms with van der Waals surface area (Å²) in [6.07, 6.45) is 0.636. The molecule has 4 heteroatoms. The predicted molar refractivity (Wildman–Crippen MR) is 84.3 cm³/mol. The number of rotatable bonds is 6. The number of aryl methyl sites for hydroxylation is 1. The summed E-state index contributed by atoms with van der Waals surface area (Å²) in [5.41, 5.74) is 1.48. The van der Waals surface area contributed by atoms with Crippen LogP contribution in [0.3, 0.4) is 0 Å². The van der Waals surface area contributed by atoms with Gasteiger partial charge in [0.25, 0.3) is 0 Å². The summed E-state index contributed by atoms with van der Waals surface area (Å²) in [7, 11) is 1.60. The average Bonchev–Trinajstić information content (AvgIpc) is 2.54. The van der Waals surface area contributed by atoms with Gasteiger partial charge in [0.2, 0.25) is 5.91 Å². The van der Waals surface area contributed by atoms with Gasteiger partial charge in [-0.05, 0) is 31.0 Å². The maximum atomic E-state index is 13.5. The van der Waals surface area contributed by atoms with E-state index >= 15 is 0 Å². The van der Waals surface area contributed by atoms with E-state index in [0.29, 0.717) is 12.0 Å². The minimum Gasteiger partial charge on any atom is -0.496 e. The maximum Gasteiger partial charge on any atom is 0.220 e. The lowest BCUT2D eigenvalue weighted by molar-refractivity contribution is -0.121. The number of para-hydroxylation sites is 1. The summed E-state index contributed by atoms with van der Waals surface area (Å²) >= 11 is 0. The van der Waals surface area contributed by atoms with Crippen LogP contribution in [0.2, 0.25) is 0 Å². The molecule has 0 saturated heterocycles. The molecule has 0 aliphatic rings. The van der Waals surface area contributed by atoms with Gasteiger partial charge in [-0.3, -0.25) is 4.79 Å². The Balaban J connectivity index is 1.93. The van der Waals surface area contributed by atoms with Crippen molar-refractivity contribution < 1.29 is 13.9 Å². The van der Waals surface area contributed by atoms with Crippen LogP contribution in [0.15, 0.2) is 48.5 Å². The van der Waals surface area contributed by atoms with E-state index in [2.05, 4.69) is 5.32 Å². The van der Waals surface area contributed by atoms with Crippen LogP contribution in [-0.4, -0.2) is 13.0 Å². The molecule has 1 amide bonds. The molecule has 3 nitrogen and oxygen atoms in total. The maximum absolute atomic E-state index is 13.5. The van der Waals surface area contributed by atoms with Gasteiger partial charge in [-0.1, -0.05) is 36.4 Å². The van der Waals surface area contributed by atoms with Crippen LogP contribution in [0, 0.1) is 5.82 Å². The van der Waals surface area contributed by atoms with Crippen LogP contribution in [-0.2, 0) is 11.2 Å². The van der Waals surface area contributed by atoms with Gasteiger partial charge < -0.3 is 10.1 Å². The monoisotopic (exact) mass is 301 g/mol. The van der Waals surface area contributed by atoms with Crippen LogP contribution in [0.25, 0.3) is 0 Å². The Morgan fingerprint density at radius 1 is 1.18 bits per heavy atom. The van der Waals surface area contributed by atoms with Crippen LogP contribution in [0.5, 0.6) is 5.75 Å². The van der Waals surface area contributed by atoms with Gasteiger partial charge in [0.1, 0.15) is 11.6 Å². The highest BCUT2D eigenvalue weighted by Crippen LogP contribution is 2.24. The highest BCUT2D eigenvalue weighted by Gasteiger charge is 2.14. The lowest BCUT2D eigenvalue weighted by Crippen LogP contribution is -2.27. The zero-order valence-corrected chi connectivity index (χ0v) is 12.8. The normalized spacial score (nSPS) is 11.8. The van der Waals surface area contributed by atoms with E-state index in [1.807, 2.05) is 31.2 Å². The van der Waals surface area contributed by atoms with Gasteiger partial charge >= 0.3 is 0 Å². The Hall–Kier alpha value is -2.36. The van der Waals surface area contributed by atoms with Crippen LogP contribution in [0.1, 0.15) is 30.5 Å². The van der Waals surface area contributed by atoms with Gasteiger partial charge in [-0.25, -0.2) is 4.39 Å². The molecule has 2 aromatic rings. The Labute approximate surface area is 130 Å². The van der Waals surface area contributed by atoms with E-state index in [1.165, 1.54) is 6.07 Å². The van der Waals surface area contributed by atoms with Crippen molar-refractivity contribution in [3.63, 3.8) is 0 Å². The predicted octanol–water partition coefficient (Wildman–Crippen LogP) is 3.64. The molecule has 0 heterocycles. The van der Waals surface area contributed by atoms with Crippen molar-refractivity contribution >= 4 is 5.91 Å². The number of benzene rings is 2. The second-order valence-corrected chi connectivity index (χ2v) is 5.12. The highest BCUT2D eigenvalue weighted by molar-refractivity contribution is 5.76. The quantitative estimate of drug-likeness (QED) is 0.884. The first kappa shape index (κ1) is 16.0. The lowest BCUT2D eigenvalue weighted by Gasteiger charge is -2.17. The number of hydrogen-bond donors (Lipinski definition) is 1. The zero-order valence-electron chi connectivity index (χ0n) is 12.8. The third kappa shape index (κ3) is 4.07. The van der Waals surface area contributed by atoms with E-state index < -0.39 is 0 Å². The molecule has 22 heavy (non-hydrogen) atoms. The average molecular weight is 301 g/mol. The second kappa shape index (κ2) is 7.59. The van der Waals surface area contributed by atoms with Crippen molar-refractivity contribution in [2.24, 2.45) is 0 Å². The molecule has 2 aromatic carbocycles. The molecule has 1 unspecified atom stereocenters. The standard InChI is InChI=1S/C18H20FNO2/c1-13(15-8-4-6-10-17(15)22-2)20-18(21)12-11-14-7-3-5-9-16(14)19/h3-10,13H,11-12H2,1-2H3,(H,20,21). The fraction of sp³-hybridized carbons (Fsp3) is 0.278. The topological polar surface area (TPSA) is 38.3 Å². The number of halogens is 1. The molecule has 0 spiro atoms. The molecule has 0 aromatic heterocycles.